The van der Waals surface area contributed by atoms with Gasteiger partial charge in [-0.3, -0.25) is 4.79 Å². The third-order valence-electron chi connectivity index (χ3n) is 2.54. The summed E-state index contributed by atoms with van der Waals surface area (Å²) in [4.78, 5) is 14.5. The summed E-state index contributed by atoms with van der Waals surface area (Å²) in [6, 6.07) is 7.22. The molecule has 0 saturated heterocycles. The van der Waals surface area contributed by atoms with Crippen LogP contribution >= 0.6 is 12.2 Å². The van der Waals surface area contributed by atoms with Gasteiger partial charge in [-0.05, 0) is 25.5 Å². The summed E-state index contributed by atoms with van der Waals surface area (Å²) >= 11 is 4.89. The second-order valence-corrected chi connectivity index (χ2v) is 4.65. The number of amides is 1. The Balaban J connectivity index is 2.98. The predicted molar refractivity (Wildman–Crippen MR) is 80.6 cm³/mol. The highest BCUT2D eigenvalue weighted by Gasteiger charge is 2.19. The van der Waals surface area contributed by atoms with E-state index in [0.717, 1.165) is 6.42 Å². The molecule has 0 aromatic heterocycles. The first-order chi connectivity index (χ1) is 9.10. The van der Waals surface area contributed by atoms with Crippen molar-refractivity contribution in [2.75, 3.05) is 19.7 Å². The Morgan fingerprint density at radius 3 is 2.63 bits per heavy atom. The molecule has 0 unspecified atom stereocenters. The van der Waals surface area contributed by atoms with Crippen LogP contribution in [0.4, 0.5) is 0 Å². The van der Waals surface area contributed by atoms with Gasteiger partial charge in [0, 0.05) is 6.54 Å². The molecular formula is C14H20N2O2S. The van der Waals surface area contributed by atoms with Gasteiger partial charge in [0.1, 0.15) is 5.75 Å². The zero-order valence-corrected chi connectivity index (χ0v) is 12.2. The average Bonchev–Trinajstić information content (AvgIpc) is 2.38. The number of carbonyl (C=O) groups is 1. The molecular weight excluding hydrogens is 260 g/mol. The average molecular weight is 280 g/mol. The summed E-state index contributed by atoms with van der Waals surface area (Å²) in [5.41, 5.74) is 6.09. The monoisotopic (exact) mass is 280 g/mol. The van der Waals surface area contributed by atoms with E-state index in [9.17, 15) is 4.79 Å². The van der Waals surface area contributed by atoms with E-state index in [4.69, 9.17) is 22.7 Å². The van der Waals surface area contributed by atoms with Crippen molar-refractivity contribution < 1.29 is 9.53 Å². The number of benzene rings is 1. The predicted octanol–water partition coefficient (Wildman–Crippen LogP) is 2.22. The third kappa shape index (κ3) is 4.52. The number of hydrogen-bond acceptors (Lipinski definition) is 3. The van der Waals surface area contributed by atoms with Gasteiger partial charge in [-0.1, -0.05) is 31.3 Å². The van der Waals surface area contributed by atoms with Gasteiger partial charge in [0.15, 0.2) is 0 Å². The SMILES string of the molecule is CCCN(CC(N)=S)C(=O)c1ccccc1OCC. The summed E-state index contributed by atoms with van der Waals surface area (Å²) in [7, 11) is 0. The van der Waals surface area contributed by atoms with Crippen molar-refractivity contribution >= 4 is 23.1 Å². The van der Waals surface area contributed by atoms with Gasteiger partial charge in [-0.2, -0.15) is 0 Å². The van der Waals surface area contributed by atoms with Crippen LogP contribution in [0.3, 0.4) is 0 Å². The fraction of sp³-hybridized carbons (Fsp3) is 0.429. The molecule has 0 spiro atoms. The van der Waals surface area contributed by atoms with Gasteiger partial charge >= 0.3 is 0 Å². The molecule has 0 heterocycles. The fourth-order valence-corrected chi connectivity index (χ4v) is 1.96. The molecule has 0 aliphatic rings. The lowest BCUT2D eigenvalue weighted by Gasteiger charge is -2.22. The van der Waals surface area contributed by atoms with Crippen LogP contribution in [0.5, 0.6) is 5.75 Å². The zero-order valence-electron chi connectivity index (χ0n) is 11.4. The van der Waals surface area contributed by atoms with Crippen LogP contribution < -0.4 is 10.5 Å². The lowest BCUT2D eigenvalue weighted by Crippen LogP contribution is -2.38. The summed E-state index contributed by atoms with van der Waals surface area (Å²) in [5.74, 6) is 0.498. The number of thiocarbonyl (C=S) groups is 1. The van der Waals surface area contributed by atoms with Crippen LogP contribution in [0, 0.1) is 0 Å². The third-order valence-corrected chi connectivity index (χ3v) is 2.67. The van der Waals surface area contributed by atoms with Crippen molar-refractivity contribution in [3.63, 3.8) is 0 Å². The van der Waals surface area contributed by atoms with E-state index in [0.29, 0.717) is 36.0 Å². The maximum Gasteiger partial charge on any atom is 0.257 e. The van der Waals surface area contributed by atoms with Crippen LogP contribution in [0.1, 0.15) is 30.6 Å². The Hall–Kier alpha value is -1.62. The maximum absolute atomic E-state index is 12.5. The number of carbonyl (C=O) groups excluding carboxylic acids is 1. The Kier molecular flexibility index (Phi) is 6.29. The van der Waals surface area contributed by atoms with Crippen molar-refractivity contribution in [2.45, 2.75) is 20.3 Å². The summed E-state index contributed by atoms with van der Waals surface area (Å²) in [6.45, 7) is 5.33. The van der Waals surface area contributed by atoms with Crippen molar-refractivity contribution in [1.82, 2.24) is 4.90 Å². The smallest absolute Gasteiger partial charge is 0.257 e. The van der Waals surface area contributed by atoms with E-state index in [1.165, 1.54) is 0 Å². The molecule has 0 bridgehead atoms. The first-order valence-corrected chi connectivity index (χ1v) is 6.80. The summed E-state index contributed by atoms with van der Waals surface area (Å²) < 4.78 is 5.48. The van der Waals surface area contributed by atoms with Gasteiger partial charge < -0.3 is 15.4 Å². The highest BCUT2D eigenvalue weighted by molar-refractivity contribution is 7.80. The lowest BCUT2D eigenvalue weighted by atomic mass is 10.1. The van der Waals surface area contributed by atoms with E-state index in [2.05, 4.69) is 0 Å². The maximum atomic E-state index is 12.5. The van der Waals surface area contributed by atoms with Crippen molar-refractivity contribution in [3.05, 3.63) is 29.8 Å². The molecule has 0 atom stereocenters. The molecule has 104 valence electrons. The molecule has 4 nitrogen and oxygen atoms in total. The second kappa shape index (κ2) is 7.74. The molecule has 0 aliphatic carbocycles. The summed E-state index contributed by atoms with van der Waals surface area (Å²) in [6.07, 6.45) is 0.852. The Bertz CT molecular complexity index is 449. The first kappa shape index (κ1) is 15.4. The van der Waals surface area contributed by atoms with Crippen molar-refractivity contribution in [1.29, 1.82) is 0 Å². The van der Waals surface area contributed by atoms with E-state index in [-0.39, 0.29) is 5.91 Å². The fourth-order valence-electron chi connectivity index (χ4n) is 1.81. The molecule has 19 heavy (non-hydrogen) atoms. The number of para-hydroxylation sites is 1. The molecule has 1 amide bonds. The lowest BCUT2D eigenvalue weighted by molar-refractivity contribution is 0.0776. The molecule has 0 radical (unpaired) electrons. The molecule has 1 aromatic rings. The van der Waals surface area contributed by atoms with E-state index < -0.39 is 0 Å². The Morgan fingerprint density at radius 2 is 2.05 bits per heavy atom. The summed E-state index contributed by atoms with van der Waals surface area (Å²) in [5, 5.41) is 0. The molecule has 0 saturated carbocycles. The van der Waals surface area contributed by atoms with Gasteiger partial charge in [0.05, 0.1) is 23.7 Å². The number of rotatable bonds is 7. The van der Waals surface area contributed by atoms with Crippen LogP contribution in [0.15, 0.2) is 24.3 Å². The second-order valence-electron chi connectivity index (χ2n) is 4.12. The normalized spacial score (nSPS) is 10.0. The minimum Gasteiger partial charge on any atom is -0.493 e. The Morgan fingerprint density at radius 1 is 1.37 bits per heavy atom. The standard InChI is InChI=1S/C14H20N2O2S/c1-3-9-16(10-13(15)19)14(17)11-7-5-6-8-12(11)18-4-2/h5-8H,3-4,9-10H2,1-2H3,(H2,15,19). The molecule has 0 aliphatic heterocycles. The minimum absolute atomic E-state index is 0.0984. The number of nitrogens with zero attached hydrogens (tertiary/aromatic N) is 1. The number of ether oxygens (including phenoxy) is 1. The number of hydrogen-bond donors (Lipinski definition) is 1. The molecule has 5 heteroatoms. The van der Waals surface area contributed by atoms with Gasteiger partial charge in [0.25, 0.3) is 5.91 Å². The molecule has 2 N–H and O–H groups in total. The molecule has 1 aromatic carbocycles. The molecule has 1 rings (SSSR count). The Labute approximate surface area is 119 Å². The quantitative estimate of drug-likeness (QED) is 0.778. The van der Waals surface area contributed by atoms with Gasteiger partial charge in [0.2, 0.25) is 0 Å². The van der Waals surface area contributed by atoms with Gasteiger partial charge in [-0.15, -0.1) is 0 Å². The number of nitrogens with two attached hydrogens (primary N) is 1. The van der Waals surface area contributed by atoms with Crippen LogP contribution in [-0.4, -0.2) is 35.5 Å². The zero-order chi connectivity index (χ0) is 14.3. The van der Waals surface area contributed by atoms with E-state index in [1.807, 2.05) is 26.0 Å². The topological polar surface area (TPSA) is 55.6 Å². The van der Waals surface area contributed by atoms with Gasteiger partial charge in [-0.25, -0.2) is 0 Å². The minimum atomic E-state index is -0.0984. The van der Waals surface area contributed by atoms with Crippen molar-refractivity contribution in [3.8, 4) is 5.75 Å². The van der Waals surface area contributed by atoms with Crippen LogP contribution in [-0.2, 0) is 0 Å². The highest BCUT2D eigenvalue weighted by Crippen LogP contribution is 2.20. The first-order valence-electron chi connectivity index (χ1n) is 6.39. The van der Waals surface area contributed by atoms with Crippen LogP contribution in [0.2, 0.25) is 0 Å². The highest BCUT2D eigenvalue weighted by atomic mass is 32.1. The largest absolute Gasteiger partial charge is 0.493 e. The van der Waals surface area contributed by atoms with Crippen molar-refractivity contribution in [2.24, 2.45) is 5.73 Å². The van der Waals surface area contributed by atoms with E-state index in [1.54, 1.807) is 17.0 Å². The van der Waals surface area contributed by atoms with E-state index >= 15 is 0 Å². The molecule has 0 fully saturated rings. The van der Waals surface area contributed by atoms with Crippen LogP contribution in [0.25, 0.3) is 0 Å².